The number of fused-ring (bicyclic) bond motifs is 1. The molecule has 1 amide bonds. The molecule has 0 unspecified atom stereocenters. The van der Waals surface area contributed by atoms with E-state index in [9.17, 15) is 54.1 Å². The largest absolute Gasteiger partial charge is 0.422 e. The third kappa shape index (κ3) is 7.21. The van der Waals surface area contributed by atoms with Gasteiger partial charge in [-0.2, -0.15) is 0 Å². The fourth-order valence-corrected chi connectivity index (χ4v) is 6.80. The minimum Gasteiger partial charge on any atom is -0.422 e. The van der Waals surface area contributed by atoms with Gasteiger partial charge in [0.15, 0.2) is 17.3 Å². The zero-order chi connectivity index (χ0) is 35.6. The summed E-state index contributed by atoms with van der Waals surface area (Å²) < 4.78 is 50.7. The second-order valence-electron chi connectivity index (χ2n) is 11.5. The van der Waals surface area contributed by atoms with Crippen LogP contribution in [-0.4, -0.2) is 130 Å². The van der Waals surface area contributed by atoms with Gasteiger partial charge in [-0.05, 0) is 24.6 Å². The van der Waals surface area contributed by atoms with E-state index in [2.05, 4.69) is 15.6 Å². The number of benzene rings is 1. The molecule has 4 heterocycles. The Morgan fingerprint density at radius 3 is 2.49 bits per heavy atom. The lowest BCUT2D eigenvalue weighted by Crippen LogP contribution is -2.68. The van der Waals surface area contributed by atoms with Gasteiger partial charge in [0.05, 0.1) is 37.0 Å². The molecule has 0 saturated carbocycles. The van der Waals surface area contributed by atoms with Gasteiger partial charge >= 0.3 is 5.63 Å². The van der Waals surface area contributed by atoms with Crippen molar-refractivity contribution in [2.75, 3.05) is 19.8 Å². The third-order valence-corrected chi connectivity index (χ3v) is 9.57. The zero-order valence-corrected chi connectivity index (χ0v) is 26.7. The van der Waals surface area contributed by atoms with Gasteiger partial charge in [0.2, 0.25) is 5.72 Å². The van der Waals surface area contributed by atoms with E-state index in [1.165, 1.54) is 0 Å². The summed E-state index contributed by atoms with van der Waals surface area (Å²) in [5, 5.41) is 85.4. The first-order valence-corrected chi connectivity index (χ1v) is 16.2. The molecular weight excluding hydrogens is 682 g/mol. The van der Waals surface area contributed by atoms with Gasteiger partial charge in [0, 0.05) is 6.54 Å². The number of hydrogen-bond donors (Lipinski definition) is 8. The third-order valence-electron chi connectivity index (χ3n) is 8.28. The van der Waals surface area contributed by atoms with Crippen LogP contribution < -0.4 is 10.9 Å². The Balaban J connectivity index is 1.36. The monoisotopic (exact) mass is 718 g/mol. The lowest BCUT2D eigenvalue weighted by Gasteiger charge is -2.49. The molecule has 1 aromatic carbocycles. The number of aliphatic hydroxyl groups excluding tert-OH is 6. The highest BCUT2D eigenvalue weighted by Gasteiger charge is 2.59. The van der Waals surface area contributed by atoms with Crippen LogP contribution >= 0.6 is 11.8 Å². The molecule has 2 aromatic heterocycles. The number of carbonyl (C=O) groups is 1. The number of aromatic nitrogens is 3. The van der Waals surface area contributed by atoms with Crippen LogP contribution in [0.15, 0.2) is 33.6 Å². The maximum atomic E-state index is 14.4. The number of halogens is 2. The topological polar surface area (TPSA) is 259 Å². The summed E-state index contributed by atoms with van der Waals surface area (Å²) in [7, 11) is 0. The molecule has 49 heavy (non-hydrogen) atoms. The van der Waals surface area contributed by atoms with E-state index >= 15 is 0 Å². The van der Waals surface area contributed by atoms with Gasteiger partial charge < -0.3 is 59.7 Å². The maximum Gasteiger partial charge on any atom is 0.341 e. The predicted octanol–water partition coefficient (Wildman–Crippen LogP) is -1.97. The van der Waals surface area contributed by atoms with E-state index in [-0.39, 0.29) is 22.2 Å². The standard InChI is InChI=1S/C29H36F2N4O13S/c1-2-3-6-32-25(42)15-8-35(34-33-15)29(44)23(40)18(10-37)48-28(24(29)41)49-27-21(39)22(20(38)17(9-36)47-27)45-11-12-7-13-16(46-26(12)43)5-4-14(30)19(13)31/h4-5,7-8,17-18,20-24,27-28,36-41,44H,2-3,6,9-11H2,1H3,(H,32,42)/t17-,18-,20+,21-,22+,23+,24+,27-,28-,29+/m1/s1. The molecule has 8 N–H and O–H groups in total. The number of unbranched alkanes of at least 4 members (excludes halogenated alkanes) is 1. The summed E-state index contributed by atoms with van der Waals surface area (Å²) in [4.78, 5) is 25.0. The van der Waals surface area contributed by atoms with Crippen molar-refractivity contribution in [1.29, 1.82) is 0 Å². The molecule has 10 atom stereocenters. The second-order valence-corrected chi connectivity index (χ2v) is 12.7. The zero-order valence-electron chi connectivity index (χ0n) is 25.8. The number of carbonyl (C=O) groups excluding carboxylic acids is 1. The number of nitrogens with one attached hydrogen (secondary N) is 1. The SMILES string of the molecule is CCCCNC(=O)c1cn([C@@]2(O)[C@@H](O)[C@@H](S[C@H]3O[C@H](CO)[C@H](O)[C@H](OCc4cc5c(F)c(F)ccc5oc4=O)[C@H]3O)O[C@H](CO)[C@@H]2O)nn1. The molecule has 0 spiro atoms. The van der Waals surface area contributed by atoms with Crippen LogP contribution in [0.25, 0.3) is 11.0 Å². The van der Waals surface area contributed by atoms with Crippen molar-refractivity contribution in [2.45, 2.75) is 85.7 Å². The van der Waals surface area contributed by atoms with E-state index in [1.54, 1.807) is 0 Å². The number of thioether (sulfide) groups is 1. The first-order chi connectivity index (χ1) is 23.3. The molecule has 2 saturated heterocycles. The highest BCUT2D eigenvalue weighted by atomic mass is 32.2. The van der Waals surface area contributed by atoms with Crippen molar-refractivity contribution < 1.29 is 67.9 Å². The van der Waals surface area contributed by atoms with Gasteiger partial charge in [0.1, 0.15) is 59.2 Å². The molecule has 2 aliphatic heterocycles. The summed E-state index contributed by atoms with van der Waals surface area (Å²) in [6.45, 7) is -0.0876. The van der Waals surface area contributed by atoms with E-state index in [0.717, 1.165) is 30.8 Å². The number of amides is 1. The maximum absolute atomic E-state index is 14.4. The number of nitrogens with zero attached hydrogens (tertiary/aromatic N) is 3. The van der Waals surface area contributed by atoms with Gasteiger partial charge in [-0.3, -0.25) is 4.79 Å². The van der Waals surface area contributed by atoms with Crippen LogP contribution in [0.3, 0.4) is 0 Å². The van der Waals surface area contributed by atoms with Crippen LogP contribution in [-0.2, 0) is 26.5 Å². The van der Waals surface area contributed by atoms with Gasteiger partial charge in [-0.15, -0.1) is 5.10 Å². The average molecular weight is 719 g/mol. The first kappa shape index (κ1) is 37.1. The lowest BCUT2D eigenvalue weighted by atomic mass is 9.93. The van der Waals surface area contributed by atoms with Crippen LogP contribution in [0.4, 0.5) is 8.78 Å². The van der Waals surface area contributed by atoms with Crippen LogP contribution in [0.2, 0.25) is 0 Å². The van der Waals surface area contributed by atoms with E-state index < -0.39 is 102 Å². The fraction of sp³-hybridized carbons (Fsp3) is 0.586. The molecule has 0 aliphatic carbocycles. The van der Waals surface area contributed by atoms with Gasteiger partial charge in [-0.1, -0.05) is 30.3 Å². The Kier molecular flexibility index (Phi) is 11.7. The van der Waals surface area contributed by atoms with Crippen molar-refractivity contribution in [2.24, 2.45) is 0 Å². The molecule has 270 valence electrons. The Bertz CT molecular complexity index is 1680. The second kappa shape index (κ2) is 15.4. The van der Waals surface area contributed by atoms with Crippen molar-refractivity contribution >= 4 is 28.6 Å². The molecule has 20 heteroatoms. The predicted molar refractivity (Wildman–Crippen MR) is 162 cm³/mol. The van der Waals surface area contributed by atoms with Crippen LogP contribution in [0, 0.1) is 11.6 Å². The van der Waals surface area contributed by atoms with Crippen molar-refractivity contribution in [3.05, 3.63) is 57.7 Å². The molecule has 3 aromatic rings. The average Bonchev–Trinajstić information content (AvgIpc) is 3.59. The van der Waals surface area contributed by atoms with Crippen molar-refractivity contribution in [3.63, 3.8) is 0 Å². The normalized spacial score (nSPS) is 32.0. The van der Waals surface area contributed by atoms with Crippen LogP contribution in [0.5, 0.6) is 0 Å². The van der Waals surface area contributed by atoms with E-state index in [1.807, 2.05) is 6.92 Å². The van der Waals surface area contributed by atoms with Crippen molar-refractivity contribution in [1.82, 2.24) is 20.3 Å². The molecule has 17 nitrogen and oxygen atoms in total. The van der Waals surface area contributed by atoms with Crippen LogP contribution in [0.1, 0.15) is 35.8 Å². The van der Waals surface area contributed by atoms with Gasteiger partial charge in [-0.25, -0.2) is 18.3 Å². The van der Waals surface area contributed by atoms with E-state index in [4.69, 9.17) is 18.6 Å². The van der Waals surface area contributed by atoms with Gasteiger partial charge in [0.25, 0.3) is 5.91 Å². The summed E-state index contributed by atoms with van der Waals surface area (Å²) in [6, 6.07) is 2.84. The lowest BCUT2D eigenvalue weighted by molar-refractivity contribution is -0.296. The van der Waals surface area contributed by atoms with Crippen molar-refractivity contribution in [3.8, 4) is 0 Å². The molecule has 0 radical (unpaired) electrons. The Morgan fingerprint density at radius 1 is 1.08 bits per heavy atom. The number of ether oxygens (including phenoxy) is 3. The van der Waals surface area contributed by atoms with E-state index in [0.29, 0.717) is 29.4 Å². The minimum atomic E-state index is -2.75. The summed E-state index contributed by atoms with van der Waals surface area (Å²) in [6.07, 6.45) is -9.70. The Morgan fingerprint density at radius 2 is 1.80 bits per heavy atom. The molecule has 2 fully saturated rings. The summed E-state index contributed by atoms with van der Waals surface area (Å²) in [5.74, 6) is -3.11. The number of hydrogen-bond acceptors (Lipinski definition) is 16. The number of rotatable bonds is 12. The molecule has 2 aliphatic rings. The Labute approximate surface area is 280 Å². The summed E-state index contributed by atoms with van der Waals surface area (Å²) >= 11 is 0.516. The molecule has 0 bridgehead atoms. The smallest absolute Gasteiger partial charge is 0.341 e. The number of aliphatic hydroxyl groups is 7. The minimum absolute atomic E-state index is 0.231. The highest BCUT2D eigenvalue weighted by Crippen LogP contribution is 2.42. The highest BCUT2D eigenvalue weighted by molar-refractivity contribution is 8.00. The Hall–Kier alpha value is -3.15. The quantitative estimate of drug-likeness (QED) is 0.0747. The molecule has 5 rings (SSSR count). The molecular formula is C29H36F2N4O13S. The first-order valence-electron chi connectivity index (χ1n) is 15.2. The summed E-state index contributed by atoms with van der Waals surface area (Å²) in [5.41, 5.74) is -7.61. The fourth-order valence-electron chi connectivity index (χ4n) is 5.45.